The second-order valence-electron chi connectivity index (χ2n) is 7.07. The Bertz CT molecular complexity index is 1100. The number of benzene rings is 2. The van der Waals surface area contributed by atoms with Gasteiger partial charge in [-0.3, -0.25) is 4.79 Å². The van der Waals surface area contributed by atoms with E-state index in [0.29, 0.717) is 35.8 Å². The fourth-order valence-corrected chi connectivity index (χ4v) is 3.80. The number of fused-ring (bicyclic) bond motifs is 1. The molecule has 0 saturated heterocycles. The molecule has 2 aromatic carbocycles. The van der Waals surface area contributed by atoms with Crippen molar-refractivity contribution in [3.05, 3.63) is 47.0 Å². The van der Waals surface area contributed by atoms with E-state index in [1.165, 1.54) is 32.4 Å². The number of amides is 1. The first-order valence-corrected chi connectivity index (χ1v) is 11.0. The number of nitrogens with zero attached hydrogens (tertiary/aromatic N) is 2. The molecule has 2 aromatic rings. The Kier molecular flexibility index (Phi) is 6.69. The largest absolute Gasteiger partial charge is 0.492 e. The summed E-state index contributed by atoms with van der Waals surface area (Å²) in [5.74, 6) is 1.27. The van der Waals surface area contributed by atoms with Gasteiger partial charge in [0.2, 0.25) is 18.4 Å². The predicted molar refractivity (Wildman–Crippen MR) is 115 cm³/mol. The molecule has 1 N–H and O–H groups in total. The van der Waals surface area contributed by atoms with Crippen LogP contribution in [0, 0.1) is 6.92 Å². The molecule has 1 aliphatic heterocycles. The van der Waals surface area contributed by atoms with Crippen molar-refractivity contribution < 1.29 is 27.4 Å². The van der Waals surface area contributed by atoms with Crippen LogP contribution in [0.1, 0.15) is 23.6 Å². The van der Waals surface area contributed by atoms with Gasteiger partial charge in [0.1, 0.15) is 0 Å². The van der Waals surface area contributed by atoms with Crippen molar-refractivity contribution in [2.24, 2.45) is 5.10 Å². The van der Waals surface area contributed by atoms with Gasteiger partial charge in [0, 0.05) is 26.1 Å². The highest BCUT2D eigenvalue weighted by Crippen LogP contribution is 2.44. The maximum Gasteiger partial charge on any atom is 0.276 e. The lowest BCUT2D eigenvalue weighted by Crippen LogP contribution is -2.26. The van der Waals surface area contributed by atoms with Crippen LogP contribution in [0.4, 0.5) is 0 Å². The summed E-state index contributed by atoms with van der Waals surface area (Å²) in [5, 5.41) is 3.95. The molecule has 0 aliphatic carbocycles. The molecule has 9 nitrogen and oxygen atoms in total. The topological polar surface area (TPSA) is 107 Å². The molecular weight excluding hydrogens is 422 g/mol. The Morgan fingerprint density at radius 2 is 2.00 bits per heavy atom. The summed E-state index contributed by atoms with van der Waals surface area (Å²) < 4.78 is 41.5. The third-order valence-corrected chi connectivity index (χ3v) is 6.14. The average Bonchev–Trinajstić information content (AvgIpc) is 3.20. The maximum absolute atomic E-state index is 12.5. The highest BCUT2D eigenvalue weighted by Gasteiger charge is 2.25. The number of hydrogen-bond donors (Lipinski definition) is 1. The van der Waals surface area contributed by atoms with Gasteiger partial charge in [0.15, 0.2) is 11.5 Å². The quantitative estimate of drug-likeness (QED) is 0.490. The smallest absolute Gasteiger partial charge is 0.276 e. The first kappa shape index (κ1) is 22.4. The van der Waals surface area contributed by atoms with Crippen LogP contribution < -0.4 is 19.0 Å². The number of carbonyl (C=O) groups is 1. The summed E-state index contributed by atoms with van der Waals surface area (Å²) in [5.41, 5.74) is 2.26. The van der Waals surface area contributed by atoms with Crippen LogP contribution in [0.3, 0.4) is 0 Å². The van der Waals surface area contributed by atoms with E-state index in [1.807, 2.05) is 6.92 Å². The van der Waals surface area contributed by atoms with Crippen LogP contribution in [0.5, 0.6) is 17.2 Å². The molecule has 10 heteroatoms. The minimum absolute atomic E-state index is 0.0547. The molecule has 0 fully saturated rings. The third kappa shape index (κ3) is 5.08. The van der Waals surface area contributed by atoms with E-state index in [1.54, 1.807) is 30.1 Å². The van der Waals surface area contributed by atoms with Crippen molar-refractivity contribution in [1.29, 1.82) is 0 Å². The molecule has 0 radical (unpaired) electrons. The molecule has 1 aliphatic rings. The molecule has 1 amide bonds. The SMILES string of the molecule is COc1c(/C=N/NS(=O)(=O)c2ccc(C)cc2)c(CCN(C)C(C)=O)cc2c1OCO2. The molecule has 0 aromatic heterocycles. The Morgan fingerprint density at radius 3 is 2.65 bits per heavy atom. The molecule has 0 atom stereocenters. The normalized spacial score (nSPS) is 12.8. The zero-order valence-corrected chi connectivity index (χ0v) is 18.7. The van der Waals surface area contributed by atoms with E-state index in [-0.39, 0.29) is 17.6 Å². The summed E-state index contributed by atoms with van der Waals surface area (Å²) >= 11 is 0. The number of rotatable bonds is 8. The zero-order chi connectivity index (χ0) is 22.6. The average molecular weight is 448 g/mol. The van der Waals surface area contributed by atoms with Crippen molar-refractivity contribution in [2.45, 2.75) is 25.2 Å². The molecule has 0 bridgehead atoms. The Labute approximate surface area is 181 Å². The van der Waals surface area contributed by atoms with Crippen molar-refractivity contribution in [3.63, 3.8) is 0 Å². The Balaban J connectivity index is 1.91. The lowest BCUT2D eigenvalue weighted by atomic mass is 10.0. The van der Waals surface area contributed by atoms with Crippen LogP contribution in [0.15, 0.2) is 40.3 Å². The van der Waals surface area contributed by atoms with Crippen molar-refractivity contribution in [2.75, 3.05) is 27.5 Å². The standard InChI is InChI=1S/C21H25N3O6S/c1-14-5-7-17(8-6-14)31(26,27)23-22-12-18-16(9-10-24(3)15(2)25)11-19-21(20(18)28-4)30-13-29-19/h5-8,11-12,23H,9-10,13H2,1-4H3/b22-12+. The van der Waals surface area contributed by atoms with Crippen LogP contribution in [0.25, 0.3) is 0 Å². The first-order valence-electron chi connectivity index (χ1n) is 9.55. The summed E-state index contributed by atoms with van der Waals surface area (Å²) in [7, 11) is -0.639. The van der Waals surface area contributed by atoms with Crippen molar-refractivity contribution >= 4 is 22.1 Å². The van der Waals surface area contributed by atoms with Gasteiger partial charge < -0.3 is 19.1 Å². The molecule has 1 heterocycles. The van der Waals surface area contributed by atoms with E-state index in [4.69, 9.17) is 14.2 Å². The maximum atomic E-state index is 12.5. The van der Waals surface area contributed by atoms with Gasteiger partial charge in [0.05, 0.1) is 18.2 Å². The minimum atomic E-state index is -3.83. The predicted octanol–water partition coefficient (Wildman–Crippen LogP) is 2.07. The van der Waals surface area contributed by atoms with Crippen LogP contribution in [-0.2, 0) is 21.2 Å². The number of sulfonamides is 1. The number of likely N-dealkylation sites (N-methyl/N-ethyl adjacent to an activating group) is 1. The van der Waals surface area contributed by atoms with Crippen LogP contribution >= 0.6 is 0 Å². The van der Waals surface area contributed by atoms with E-state index in [9.17, 15) is 13.2 Å². The molecule has 0 unspecified atom stereocenters. The molecule has 166 valence electrons. The van der Waals surface area contributed by atoms with E-state index in [0.717, 1.165) is 11.1 Å². The Hall–Kier alpha value is -3.27. The number of hydrazone groups is 1. The van der Waals surface area contributed by atoms with Gasteiger partial charge in [-0.15, -0.1) is 0 Å². The van der Waals surface area contributed by atoms with Gasteiger partial charge in [-0.05, 0) is 37.1 Å². The second kappa shape index (κ2) is 9.25. The number of aryl methyl sites for hydroxylation is 1. The highest BCUT2D eigenvalue weighted by atomic mass is 32.2. The monoisotopic (exact) mass is 447 g/mol. The van der Waals surface area contributed by atoms with Gasteiger partial charge in [-0.1, -0.05) is 17.7 Å². The molecule has 31 heavy (non-hydrogen) atoms. The van der Waals surface area contributed by atoms with Crippen molar-refractivity contribution in [1.82, 2.24) is 9.73 Å². The fourth-order valence-electron chi connectivity index (χ4n) is 3.00. The van der Waals surface area contributed by atoms with E-state index in [2.05, 4.69) is 9.93 Å². The van der Waals surface area contributed by atoms with E-state index < -0.39 is 10.0 Å². The molecular formula is C21H25N3O6S. The highest BCUT2D eigenvalue weighted by molar-refractivity contribution is 7.89. The number of nitrogens with one attached hydrogen (secondary N) is 1. The van der Waals surface area contributed by atoms with E-state index >= 15 is 0 Å². The summed E-state index contributed by atoms with van der Waals surface area (Å²) in [6.07, 6.45) is 1.85. The lowest BCUT2D eigenvalue weighted by Gasteiger charge is -2.17. The second-order valence-corrected chi connectivity index (χ2v) is 8.73. The summed E-state index contributed by atoms with van der Waals surface area (Å²) in [6.45, 7) is 3.87. The molecule has 0 spiro atoms. The zero-order valence-electron chi connectivity index (χ0n) is 17.8. The Morgan fingerprint density at radius 1 is 1.29 bits per heavy atom. The van der Waals surface area contributed by atoms with Crippen LogP contribution in [0.2, 0.25) is 0 Å². The minimum Gasteiger partial charge on any atom is -0.492 e. The van der Waals surface area contributed by atoms with Gasteiger partial charge in [-0.2, -0.15) is 13.5 Å². The van der Waals surface area contributed by atoms with Gasteiger partial charge in [0.25, 0.3) is 10.0 Å². The lowest BCUT2D eigenvalue weighted by molar-refractivity contribution is -0.127. The van der Waals surface area contributed by atoms with Crippen LogP contribution in [-0.4, -0.2) is 52.9 Å². The van der Waals surface area contributed by atoms with Gasteiger partial charge in [-0.25, -0.2) is 4.83 Å². The first-order chi connectivity index (χ1) is 14.7. The summed E-state index contributed by atoms with van der Waals surface area (Å²) in [4.78, 5) is 15.5. The van der Waals surface area contributed by atoms with Gasteiger partial charge >= 0.3 is 0 Å². The van der Waals surface area contributed by atoms with Crippen molar-refractivity contribution in [3.8, 4) is 17.2 Å². The third-order valence-electron chi connectivity index (χ3n) is 4.90. The molecule has 3 rings (SSSR count). The number of hydrogen-bond acceptors (Lipinski definition) is 7. The number of methoxy groups -OCH3 is 1. The number of ether oxygens (including phenoxy) is 3. The fraction of sp³-hybridized carbons (Fsp3) is 0.333. The summed E-state index contributed by atoms with van der Waals surface area (Å²) in [6, 6.07) is 8.23. The molecule has 0 saturated carbocycles. The number of carbonyl (C=O) groups excluding carboxylic acids is 1.